The van der Waals surface area contributed by atoms with Gasteiger partial charge in [-0.3, -0.25) is 4.79 Å². The van der Waals surface area contributed by atoms with Crippen molar-refractivity contribution in [2.75, 3.05) is 25.5 Å². The van der Waals surface area contributed by atoms with Gasteiger partial charge < -0.3 is 15.4 Å². The molecule has 92 valence electrons. The third kappa shape index (κ3) is 4.46. The first kappa shape index (κ1) is 13.5. The molecule has 0 radical (unpaired) electrons. The molecule has 1 rings (SSSR count). The lowest BCUT2D eigenvalue weighted by atomic mass is 10.3. The molecule has 0 heterocycles. The zero-order valence-corrected chi connectivity index (χ0v) is 10.4. The molecule has 0 bridgehead atoms. The Morgan fingerprint density at radius 1 is 1.59 bits per heavy atom. The van der Waals surface area contributed by atoms with Gasteiger partial charge in [0, 0.05) is 12.6 Å². The molecule has 2 N–H and O–H groups in total. The molecule has 1 amide bonds. The van der Waals surface area contributed by atoms with Crippen LogP contribution in [-0.4, -0.2) is 26.1 Å². The van der Waals surface area contributed by atoms with Gasteiger partial charge in [-0.15, -0.1) is 6.58 Å². The van der Waals surface area contributed by atoms with E-state index in [1.165, 1.54) is 0 Å². The molecule has 0 atom stereocenters. The summed E-state index contributed by atoms with van der Waals surface area (Å²) in [5, 5.41) is 6.07. The maximum absolute atomic E-state index is 11.5. The van der Waals surface area contributed by atoms with Crippen molar-refractivity contribution in [2.45, 2.75) is 0 Å². The molecule has 1 aromatic carbocycles. The predicted molar refractivity (Wildman–Crippen MR) is 69.7 cm³/mol. The zero-order valence-electron chi connectivity index (χ0n) is 9.63. The maximum Gasteiger partial charge on any atom is 0.238 e. The van der Waals surface area contributed by atoms with Crippen molar-refractivity contribution in [3.05, 3.63) is 35.9 Å². The SMILES string of the molecule is C=CCNCC(=O)Nc1cc(OC)ccc1Cl. The molecule has 5 heteroatoms. The fraction of sp³-hybridized carbons (Fsp3) is 0.250. The molecule has 0 aliphatic rings. The minimum absolute atomic E-state index is 0.165. The first-order valence-corrected chi connectivity index (χ1v) is 5.50. The van der Waals surface area contributed by atoms with E-state index in [-0.39, 0.29) is 12.5 Å². The molecule has 0 saturated heterocycles. The number of benzene rings is 1. The van der Waals surface area contributed by atoms with Crippen LogP contribution in [0.1, 0.15) is 0 Å². The van der Waals surface area contributed by atoms with Gasteiger partial charge in [-0.25, -0.2) is 0 Å². The Morgan fingerprint density at radius 3 is 3.00 bits per heavy atom. The van der Waals surface area contributed by atoms with Gasteiger partial charge in [-0.05, 0) is 12.1 Å². The van der Waals surface area contributed by atoms with Crippen LogP contribution in [0, 0.1) is 0 Å². The van der Waals surface area contributed by atoms with E-state index < -0.39 is 0 Å². The maximum atomic E-state index is 11.5. The Kier molecular flexibility index (Phi) is 5.52. The zero-order chi connectivity index (χ0) is 12.7. The van der Waals surface area contributed by atoms with Crippen LogP contribution in [0.4, 0.5) is 5.69 Å². The summed E-state index contributed by atoms with van der Waals surface area (Å²) in [6, 6.07) is 5.08. The lowest BCUT2D eigenvalue weighted by Crippen LogP contribution is -2.28. The Bertz CT molecular complexity index is 407. The van der Waals surface area contributed by atoms with E-state index in [0.29, 0.717) is 23.0 Å². The van der Waals surface area contributed by atoms with Crippen LogP contribution in [-0.2, 0) is 4.79 Å². The molecule has 1 aromatic rings. The van der Waals surface area contributed by atoms with Crippen molar-refractivity contribution in [1.82, 2.24) is 5.32 Å². The van der Waals surface area contributed by atoms with Crippen molar-refractivity contribution in [1.29, 1.82) is 0 Å². The van der Waals surface area contributed by atoms with Crippen molar-refractivity contribution in [3.8, 4) is 5.75 Å². The number of rotatable bonds is 6. The van der Waals surface area contributed by atoms with E-state index in [4.69, 9.17) is 16.3 Å². The molecule has 0 aliphatic carbocycles. The minimum Gasteiger partial charge on any atom is -0.497 e. The van der Waals surface area contributed by atoms with Crippen LogP contribution >= 0.6 is 11.6 Å². The second-order valence-corrected chi connectivity index (χ2v) is 3.72. The number of amides is 1. The van der Waals surface area contributed by atoms with Gasteiger partial charge in [-0.2, -0.15) is 0 Å². The molecule has 0 saturated carbocycles. The number of hydrogen-bond acceptors (Lipinski definition) is 3. The van der Waals surface area contributed by atoms with Crippen molar-refractivity contribution in [3.63, 3.8) is 0 Å². The number of carbonyl (C=O) groups excluding carboxylic acids is 1. The monoisotopic (exact) mass is 254 g/mol. The second-order valence-electron chi connectivity index (χ2n) is 3.31. The van der Waals surface area contributed by atoms with Gasteiger partial charge in [0.2, 0.25) is 5.91 Å². The van der Waals surface area contributed by atoms with E-state index in [1.54, 1.807) is 31.4 Å². The minimum atomic E-state index is -0.165. The highest BCUT2D eigenvalue weighted by Gasteiger charge is 2.06. The Hall–Kier alpha value is -1.52. The molecular weight excluding hydrogens is 240 g/mol. The lowest BCUT2D eigenvalue weighted by molar-refractivity contribution is -0.115. The van der Waals surface area contributed by atoms with Crippen LogP contribution in [0.25, 0.3) is 0 Å². The van der Waals surface area contributed by atoms with E-state index in [9.17, 15) is 4.79 Å². The number of halogens is 1. The van der Waals surface area contributed by atoms with Gasteiger partial charge in [0.25, 0.3) is 0 Å². The predicted octanol–water partition coefficient (Wildman–Crippen LogP) is 2.06. The lowest BCUT2D eigenvalue weighted by Gasteiger charge is -2.09. The standard InChI is InChI=1S/C12H15ClN2O2/c1-3-6-14-8-12(16)15-11-7-9(17-2)4-5-10(11)13/h3-5,7,14H,1,6,8H2,2H3,(H,15,16). The van der Waals surface area contributed by atoms with Crippen LogP contribution in [0.5, 0.6) is 5.75 Å². The fourth-order valence-electron chi connectivity index (χ4n) is 1.21. The Morgan fingerprint density at radius 2 is 2.35 bits per heavy atom. The number of methoxy groups -OCH3 is 1. The normalized spacial score (nSPS) is 9.76. The highest BCUT2D eigenvalue weighted by atomic mass is 35.5. The summed E-state index contributed by atoms with van der Waals surface area (Å²) < 4.78 is 5.05. The van der Waals surface area contributed by atoms with Crippen LogP contribution < -0.4 is 15.4 Å². The van der Waals surface area contributed by atoms with Gasteiger partial charge in [0.1, 0.15) is 5.75 Å². The highest BCUT2D eigenvalue weighted by Crippen LogP contribution is 2.26. The van der Waals surface area contributed by atoms with Crippen molar-refractivity contribution < 1.29 is 9.53 Å². The summed E-state index contributed by atoms with van der Waals surface area (Å²) in [5.41, 5.74) is 0.538. The molecule has 0 spiro atoms. The topological polar surface area (TPSA) is 50.4 Å². The Balaban J connectivity index is 2.60. The average Bonchev–Trinajstić information content (AvgIpc) is 2.32. The molecule has 4 nitrogen and oxygen atoms in total. The number of carbonyl (C=O) groups is 1. The summed E-state index contributed by atoms with van der Waals surface area (Å²) in [6.45, 7) is 4.34. The number of nitrogens with one attached hydrogen (secondary N) is 2. The van der Waals surface area contributed by atoms with Crippen molar-refractivity contribution >= 4 is 23.2 Å². The summed E-state index contributed by atoms with van der Waals surface area (Å²) in [4.78, 5) is 11.5. The van der Waals surface area contributed by atoms with Crippen molar-refractivity contribution in [2.24, 2.45) is 0 Å². The summed E-state index contributed by atoms with van der Waals surface area (Å²) >= 11 is 5.95. The first-order valence-electron chi connectivity index (χ1n) is 5.12. The quantitative estimate of drug-likeness (QED) is 0.604. The average molecular weight is 255 g/mol. The Labute approximate surface area is 106 Å². The molecule has 0 fully saturated rings. The van der Waals surface area contributed by atoms with Gasteiger partial charge >= 0.3 is 0 Å². The van der Waals surface area contributed by atoms with Gasteiger partial charge in [0.05, 0.1) is 24.4 Å². The number of ether oxygens (including phenoxy) is 1. The third-order valence-electron chi connectivity index (χ3n) is 2.02. The van der Waals surface area contributed by atoms with Crippen LogP contribution in [0.2, 0.25) is 5.02 Å². The summed E-state index contributed by atoms with van der Waals surface area (Å²) in [7, 11) is 1.56. The summed E-state index contributed by atoms with van der Waals surface area (Å²) in [6.07, 6.45) is 1.69. The third-order valence-corrected chi connectivity index (χ3v) is 2.35. The smallest absolute Gasteiger partial charge is 0.238 e. The first-order chi connectivity index (χ1) is 8.17. The molecule has 17 heavy (non-hydrogen) atoms. The molecule has 0 unspecified atom stereocenters. The van der Waals surface area contributed by atoms with E-state index >= 15 is 0 Å². The fourth-order valence-corrected chi connectivity index (χ4v) is 1.37. The molecule has 0 aliphatic heterocycles. The number of hydrogen-bond donors (Lipinski definition) is 2. The van der Waals surface area contributed by atoms with E-state index in [0.717, 1.165) is 0 Å². The molecular formula is C12H15ClN2O2. The largest absolute Gasteiger partial charge is 0.497 e. The van der Waals surface area contributed by atoms with E-state index in [2.05, 4.69) is 17.2 Å². The second kappa shape index (κ2) is 6.93. The summed E-state index contributed by atoms with van der Waals surface area (Å²) in [5.74, 6) is 0.478. The van der Waals surface area contributed by atoms with Crippen LogP contribution in [0.15, 0.2) is 30.9 Å². The molecule has 0 aromatic heterocycles. The number of anilines is 1. The van der Waals surface area contributed by atoms with Crippen LogP contribution in [0.3, 0.4) is 0 Å². The van der Waals surface area contributed by atoms with Gasteiger partial charge in [-0.1, -0.05) is 17.7 Å². The highest BCUT2D eigenvalue weighted by molar-refractivity contribution is 6.33. The van der Waals surface area contributed by atoms with E-state index in [1.807, 2.05) is 0 Å². The van der Waals surface area contributed by atoms with Gasteiger partial charge in [0.15, 0.2) is 0 Å².